The van der Waals surface area contributed by atoms with Gasteiger partial charge >= 0.3 is 0 Å². The molecule has 0 radical (unpaired) electrons. The van der Waals surface area contributed by atoms with Crippen molar-refractivity contribution in [3.63, 3.8) is 0 Å². The Bertz CT molecular complexity index is 165. The van der Waals surface area contributed by atoms with Crippen LogP contribution >= 0.6 is 0 Å². The molecule has 0 aromatic carbocycles. The highest BCUT2D eigenvalue weighted by atomic mass is 32.2. The van der Waals surface area contributed by atoms with Gasteiger partial charge in [-0.1, -0.05) is 19.1 Å². The van der Waals surface area contributed by atoms with Crippen LogP contribution in [0.5, 0.6) is 0 Å². The first-order valence-corrected chi connectivity index (χ1v) is 4.58. The summed E-state index contributed by atoms with van der Waals surface area (Å²) < 4.78 is 20.9. The summed E-state index contributed by atoms with van der Waals surface area (Å²) in [5.74, 6) is 0.521. The lowest BCUT2D eigenvalue weighted by Crippen LogP contribution is -2.18. The van der Waals surface area contributed by atoms with Gasteiger partial charge < -0.3 is 4.55 Å². The summed E-state index contributed by atoms with van der Waals surface area (Å²) in [5.41, 5.74) is 0. The third kappa shape index (κ3) is 1.92. The van der Waals surface area contributed by atoms with Crippen LogP contribution < -0.4 is 0 Å². The summed E-state index contributed by atoms with van der Waals surface area (Å²) >= 11 is -1.91. The monoisotopic (exact) mass is 159 g/mol. The highest BCUT2D eigenvalue weighted by Crippen LogP contribution is 2.20. The zero-order chi connectivity index (χ0) is 7.56. The van der Waals surface area contributed by atoms with Crippen molar-refractivity contribution in [1.29, 1.82) is 0 Å². The predicted octanol–water partition coefficient (Wildman–Crippen LogP) is 1.22. The van der Waals surface area contributed by atoms with Crippen molar-refractivity contribution in [2.75, 3.05) is 0 Å². The van der Waals surface area contributed by atoms with Crippen molar-refractivity contribution < 1.29 is 8.76 Å². The Labute approximate surface area is 63.6 Å². The summed E-state index contributed by atoms with van der Waals surface area (Å²) in [6.45, 7) is 2.07. The van der Waals surface area contributed by atoms with Gasteiger partial charge in [-0.05, 0) is 29.8 Å². The molecule has 0 amide bonds. The van der Waals surface area contributed by atoms with Gasteiger partial charge in [0, 0.05) is 5.25 Å². The minimum absolute atomic E-state index is 0.233. The van der Waals surface area contributed by atoms with Crippen molar-refractivity contribution in [1.82, 2.24) is 0 Å². The molecule has 58 valence electrons. The van der Waals surface area contributed by atoms with Gasteiger partial charge in [-0.3, -0.25) is 4.21 Å². The normalized spacial score (nSPS) is 35.8. The molecule has 0 bridgehead atoms. The molecule has 3 heteroatoms. The SMILES string of the molecule is CC1CC=CC(S(=O)[O-])C1. The van der Waals surface area contributed by atoms with Gasteiger partial charge in [-0.15, -0.1) is 0 Å². The van der Waals surface area contributed by atoms with Gasteiger partial charge in [0.2, 0.25) is 0 Å². The van der Waals surface area contributed by atoms with E-state index in [0.29, 0.717) is 5.92 Å². The maximum Gasteiger partial charge on any atom is 0.0398 e. The van der Waals surface area contributed by atoms with Crippen LogP contribution in [0.3, 0.4) is 0 Å². The van der Waals surface area contributed by atoms with E-state index in [-0.39, 0.29) is 5.25 Å². The maximum atomic E-state index is 10.4. The second kappa shape index (κ2) is 3.30. The van der Waals surface area contributed by atoms with E-state index in [4.69, 9.17) is 0 Å². The van der Waals surface area contributed by atoms with Crippen LogP contribution in [0, 0.1) is 5.92 Å². The first-order chi connectivity index (χ1) is 4.70. The Morgan fingerprint density at radius 1 is 1.70 bits per heavy atom. The molecular weight excluding hydrogens is 148 g/mol. The minimum atomic E-state index is -1.91. The Balaban J connectivity index is 2.55. The molecule has 0 N–H and O–H groups in total. The molecule has 0 aromatic rings. The molecule has 1 rings (SSSR count). The van der Waals surface area contributed by atoms with E-state index in [1.807, 2.05) is 6.08 Å². The van der Waals surface area contributed by atoms with Crippen molar-refractivity contribution >= 4 is 11.1 Å². The summed E-state index contributed by atoms with van der Waals surface area (Å²) in [4.78, 5) is 0. The van der Waals surface area contributed by atoms with Gasteiger partial charge in [-0.25, -0.2) is 0 Å². The van der Waals surface area contributed by atoms with Crippen LogP contribution in [0.2, 0.25) is 0 Å². The second-order valence-electron chi connectivity index (χ2n) is 2.80. The van der Waals surface area contributed by atoms with E-state index in [0.717, 1.165) is 12.8 Å². The van der Waals surface area contributed by atoms with Crippen molar-refractivity contribution in [2.24, 2.45) is 5.92 Å². The molecule has 0 aliphatic heterocycles. The molecule has 3 atom stereocenters. The van der Waals surface area contributed by atoms with Crippen LogP contribution in [0.1, 0.15) is 19.8 Å². The first-order valence-electron chi connectivity index (χ1n) is 3.45. The van der Waals surface area contributed by atoms with Gasteiger partial charge in [-0.2, -0.15) is 0 Å². The molecule has 1 aliphatic carbocycles. The predicted molar refractivity (Wildman–Crippen MR) is 40.2 cm³/mol. The van der Waals surface area contributed by atoms with Crippen molar-refractivity contribution in [2.45, 2.75) is 25.0 Å². The molecule has 2 nitrogen and oxygen atoms in total. The summed E-state index contributed by atoms with van der Waals surface area (Å²) in [7, 11) is 0. The van der Waals surface area contributed by atoms with Crippen LogP contribution in [0.25, 0.3) is 0 Å². The molecule has 0 saturated carbocycles. The zero-order valence-electron chi connectivity index (χ0n) is 5.95. The maximum absolute atomic E-state index is 10.4. The lowest BCUT2D eigenvalue weighted by atomic mass is 9.96. The smallest absolute Gasteiger partial charge is 0.0398 e. The molecule has 10 heavy (non-hydrogen) atoms. The number of hydrogen-bond donors (Lipinski definition) is 0. The Kier molecular flexibility index (Phi) is 2.63. The molecule has 0 spiro atoms. The quantitative estimate of drug-likeness (QED) is 0.426. The Morgan fingerprint density at radius 3 is 2.80 bits per heavy atom. The van der Waals surface area contributed by atoms with Crippen LogP contribution in [-0.2, 0) is 11.1 Å². The topological polar surface area (TPSA) is 40.1 Å². The zero-order valence-corrected chi connectivity index (χ0v) is 6.76. The number of allylic oxidation sites excluding steroid dienone is 1. The lowest BCUT2D eigenvalue weighted by molar-refractivity contribution is 0.486. The summed E-state index contributed by atoms with van der Waals surface area (Å²) in [6, 6.07) is 0. The van der Waals surface area contributed by atoms with Gasteiger partial charge in [0.05, 0.1) is 0 Å². The molecule has 0 heterocycles. The van der Waals surface area contributed by atoms with Crippen LogP contribution in [0.15, 0.2) is 12.2 Å². The van der Waals surface area contributed by atoms with Gasteiger partial charge in [0.25, 0.3) is 0 Å². The molecule has 0 aromatic heterocycles. The van der Waals surface area contributed by atoms with E-state index in [9.17, 15) is 8.76 Å². The van der Waals surface area contributed by atoms with E-state index < -0.39 is 11.1 Å². The van der Waals surface area contributed by atoms with E-state index in [1.165, 1.54) is 0 Å². The average molecular weight is 159 g/mol. The fourth-order valence-corrected chi connectivity index (χ4v) is 1.90. The van der Waals surface area contributed by atoms with E-state index in [1.54, 1.807) is 6.08 Å². The molecule has 3 unspecified atom stereocenters. The summed E-state index contributed by atoms with van der Waals surface area (Å²) in [5, 5.41) is -0.233. The third-order valence-corrected chi connectivity index (χ3v) is 2.62. The first kappa shape index (κ1) is 7.95. The lowest BCUT2D eigenvalue weighted by Gasteiger charge is -2.23. The molecule has 0 fully saturated rings. The Hall–Kier alpha value is -0.150. The fourth-order valence-electron chi connectivity index (χ4n) is 1.18. The average Bonchev–Trinajstić information content (AvgIpc) is 1.88. The van der Waals surface area contributed by atoms with Crippen molar-refractivity contribution in [3.8, 4) is 0 Å². The molecule has 0 saturated heterocycles. The summed E-state index contributed by atoms with van der Waals surface area (Å²) in [6.07, 6.45) is 5.54. The Morgan fingerprint density at radius 2 is 2.40 bits per heavy atom. The number of hydrogen-bond acceptors (Lipinski definition) is 2. The van der Waals surface area contributed by atoms with E-state index >= 15 is 0 Å². The number of rotatable bonds is 1. The molecule has 1 aliphatic rings. The standard InChI is InChI=1S/C7H12O2S/c1-6-3-2-4-7(5-6)10(8)9/h2,4,6-7H,3,5H2,1H3,(H,8,9)/p-1. The van der Waals surface area contributed by atoms with Crippen molar-refractivity contribution in [3.05, 3.63) is 12.2 Å². The highest BCUT2D eigenvalue weighted by molar-refractivity contribution is 7.80. The van der Waals surface area contributed by atoms with Crippen LogP contribution in [-0.4, -0.2) is 14.0 Å². The third-order valence-electron chi connectivity index (χ3n) is 1.77. The van der Waals surface area contributed by atoms with Gasteiger partial charge in [0.1, 0.15) is 0 Å². The molecular formula is C7H11O2S-. The van der Waals surface area contributed by atoms with E-state index in [2.05, 4.69) is 6.92 Å². The second-order valence-corrected chi connectivity index (χ2v) is 3.93. The fraction of sp³-hybridized carbons (Fsp3) is 0.714. The minimum Gasteiger partial charge on any atom is -0.772 e. The highest BCUT2D eigenvalue weighted by Gasteiger charge is 2.13. The van der Waals surface area contributed by atoms with Gasteiger partial charge in [0.15, 0.2) is 0 Å². The van der Waals surface area contributed by atoms with Crippen LogP contribution in [0.4, 0.5) is 0 Å². The largest absolute Gasteiger partial charge is 0.772 e.